The molecule has 0 aliphatic heterocycles. The van der Waals surface area contributed by atoms with E-state index in [1.807, 2.05) is 60.7 Å². The van der Waals surface area contributed by atoms with E-state index < -0.39 is 43.4 Å². The third kappa shape index (κ3) is 11.5. The molecular weight excluding hydrogens is 511 g/mol. The van der Waals surface area contributed by atoms with Crippen molar-refractivity contribution < 1.29 is 38.2 Å². The Kier molecular flexibility index (Phi) is 13.0. The number of alkyl carbamates (subject to hydrolysis) is 1. The number of aryl methyl sites for hydroxylation is 1. The Morgan fingerprint density at radius 3 is 2.13 bits per heavy atom. The molecule has 0 radical (unpaired) electrons. The van der Waals surface area contributed by atoms with Gasteiger partial charge in [-0.3, -0.25) is 13.9 Å². The fraction of sp³-hybridized carbons (Fsp3) is 0.444. The summed E-state index contributed by atoms with van der Waals surface area (Å²) in [5.74, 6) is -3.55. The second kappa shape index (κ2) is 15.9. The van der Waals surface area contributed by atoms with E-state index in [4.69, 9.17) is 9.26 Å². The van der Waals surface area contributed by atoms with Crippen LogP contribution in [0.5, 0.6) is 0 Å². The third-order valence-corrected chi connectivity index (χ3v) is 7.69. The Hall–Kier alpha value is -3.20. The van der Waals surface area contributed by atoms with Crippen LogP contribution in [0.15, 0.2) is 60.7 Å². The average Bonchev–Trinajstić information content (AvgIpc) is 2.89. The first-order valence-electron chi connectivity index (χ1n) is 12.6. The summed E-state index contributed by atoms with van der Waals surface area (Å²) < 4.78 is 23.3. The van der Waals surface area contributed by atoms with Gasteiger partial charge in [-0.15, -0.1) is 0 Å². The molecule has 11 heteroatoms. The third-order valence-electron chi connectivity index (χ3n) is 5.70. The van der Waals surface area contributed by atoms with Crippen molar-refractivity contribution in [2.24, 2.45) is 5.92 Å². The first-order chi connectivity index (χ1) is 18.1. The minimum atomic E-state index is -4.53. The molecule has 0 bridgehead atoms. The highest BCUT2D eigenvalue weighted by molar-refractivity contribution is 7.53. The summed E-state index contributed by atoms with van der Waals surface area (Å²) in [4.78, 5) is 46.6. The van der Waals surface area contributed by atoms with Crippen LogP contribution in [0.2, 0.25) is 0 Å². The van der Waals surface area contributed by atoms with E-state index in [9.17, 15) is 28.9 Å². The smallest absolute Gasteiger partial charge is 0.407 e. The lowest BCUT2D eigenvalue weighted by Gasteiger charge is -2.28. The molecule has 208 valence electrons. The maximum Gasteiger partial charge on any atom is 0.407 e. The number of carbonyl (C=O) groups excluding carboxylic acids is 2. The van der Waals surface area contributed by atoms with Crippen LogP contribution in [0.1, 0.15) is 50.7 Å². The minimum absolute atomic E-state index is 0.0482. The van der Waals surface area contributed by atoms with E-state index >= 15 is 0 Å². The number of unbranched alkanes of at least 4 members (excludes halogenated alkanes) is 1. The van der Waals surface area contributed by atoms with Crippen LogP contribution < -0.4 is 10.6 Å². The van der Waals surface area contributed by atoms with E-state index in [0.29, 0.717) is 19.3 Å². The minimum Gasteiger partial charge on any atom is -0.479 e. The highest BCUT2D eigenvalue weighted by Crippen LogP contribution is 2.50. The van der Waals surface area contributed by atoms with Crippen LogP contribution in [0.25, 0.3) is 0 Å². The Balaban J connectivity index is 1.79. The molecule has 2 aromatic rings. The molecule has 2 unspecified atom stereocenters. The Morgan fingerprint density at radius 2 is 1.55 bits per heavy atom. The van der Waals surface area contributed by atoms with E-state index in [1.165, 1.54) is 0 Å². The largest absolute Gasteiger partial charge is 0.479 e. The lowest BCUT2D eigenvalue weighted by Crippen LogP contribution is -2.40. The second-order valence-electron chi connectivity index (χ2n) is 9.22. The SMILES string of the molecule is CC(C)C(NC(=O)CCc1ccccc1)P(=O)(O)O[C@@H](CCCCNC(=O)OCc1ccccc1)C(=O)O. The molecule has 2 aromatic carbocycles. The summed E-state index contributed by atoms with van der Waals surface area (Å²) in [7, 11) is -4.53. The van der Waals surface area contributed by atoms with Crippen molar-refractivity contribution in [2.75, 3.05) is 6.54 Å². The van der Waals surface area contributed by atoms with E-state index in [-0.39, 0.29) is 26.0 Å². The normalized spacial score (nSPS) is 14.2. The van der Waals surface area contributed by atoms with E-state index in [2.05, 4.69) is 10.6 Å². The highest BCUT2D eigenvalue weighted by Gasteiger charge is 2.40. The van der Waals surface area contributed by atoms with Crippen LogP contribution in [0.4, 0.5) is 4.79 Å². The van der Waals surface area contributed by atoms with Crippen molar-refractivity contribution in [1.29, 1.82) is 0 Å². The van der Waals surface area contributed by atoms with Gasteiger partial charge in [-0.05, 0) is 42.7 Å². The fourth-order valence-electron chi connectivity index (χ4n) is 3.65. The van der Waals surface area contributed by atoms with Gasteiger partial charge < -0.3 is 25.4 Å². The first kappa shape index (κ1) is 31.0. The highest BCUT2D eigenvalue weighted by atomic mass is 31.2. The fourth-order valence-corrected chi connectivity index (χ4v) is 5.41. The van der Waals surface area contributed by atoms with Gasteiger partial charge in [0, 0.05) is 13.0 Å². The number of ether oxygens (including phenoxy) is 1. The molecule has 4 N–H and O–H groups in total. The van der Waals surface area contributed by atoms with Crippen LogP contribution in [0.3, 0.4) is 0 Å². The number of amides is 2. The molecule has 0 aliphatic carbocycles. The monoisotopic (exact) mass is 548 g/mol. The lowest BCUT2D eigenvalue weighted by atomic mass is 10.1. The molecule has 0 aliphatic rings. The van der Waals surface area contributed by atoms with Crippen molar-refractivity contribution in [1.82, 2.24) is 10.6 Å². The summed E-state index contributed by atoms with van der Waals surface area (Å²) in [6, 6.07) is 18.6. The first-order valence-corrected chi connectivity index (χ1v) is 14.2. The number of rotatable bonds is 16. The number of nitrogens with one attached hydrogen (secondary N) is 2. The van der Waals surface area contributed by atoms with Gasteiger partial charge in [-0.25, -0.2) is 9.59 Å². The van der Waals surface area contributed by atoms with Gasteiger partial charge in [0.25, 0.3) is 0 Å². The zero-order chi connectivity index (χ0) is 28.0. The van der Waals surface area contributed by atoms with Crippen molar-refractivity contribution in [2.45, 2.75) is 64.4 Å². The summed E-state index contributed by atoms with van der Waals surface area (Å²) >= 11 is 0. The molecule has 0 fully saturated rings. The van der Waals surface area contributed by atoms with Crippen molar-refractivity contribution in [3.8, 4) is 0 Å². The zero-order valence-corrected chi connectivity index (χ0v) is 22.6. The van der Waals surface area contributed by atoms with Gasteiger partial charge in [0.05, 0.1) is 0 Å². The Labute approximate surface area is 223 Å². The summed E-state index contributed by atoms with van der Waals surface area (Å²) in [6.07, 6.45) is -0.900. The molecule has 0 heterocycles. The second-order valence-corrected chi connectivity index (χ2v) is 11.1. The molecule has 38 heavy (non-hydrogen) atoms. The summed E-state index contributed by atoms with van der Waals surface area (Å²) in [5.41, 5.74) is 1.81. The van der Waals surface area contributed by atoms with Gasteiger partial charge in [0.15, 0.2) is 6.10 Å². The molecule has 2 rings (SSSR count). The predicted octanol–water partition coefficient (Wildman–Crippen LogP) is 4.47. The summed E-state index contributed by atoms with van der Waals surface area (Å²) in [6.45, 7) is 3.66. The number of carboxylic acids is 1. The Bertz CT molecular complexity index is 1070. The average molecular weight is 549 g/mol. The van der Waals surface area contributed by atoms with Crippen LogP contribution in [0, 0.1) is 5.92 Å². The predicted molar refractivity (Wildman–Crippen MR) is 142 cm³/mol. The molecule has 10 nitrogen and oxygen atoms in total. The zero-order valence-electron chi connectivity index (χ0n) is 21.7. The molecule has 0 saturated carbocycles. The number of benzene rings is 2. The maximum absolute atomic E-state index is 13.0. The van der Waals surface area contributed by atoms with Crippen LogP contribution >= 0.6 is 7.60 Å². The van der Waals surface area contributed by atoms with Gasteiger partial charge in [0.1, 0.15) is 12.4 Å². The van der Waals surface area contributed by atoms with Gasteiger partial charge in [0.2, 0.25) is 5.91 Å². The van der Waals surface area contributed by atoms with E-state index in [1.54, 1.807) is 13.8 Å². The molecule has 2 amide bonds. The Morgan fingerprint density at radius 1 is 0.947 bits per heavy atom. The molecule has 0 saturated heterocycles. The number of carbonyl (C=O) groups is 3. The van der Waals surface area contributed by atoms with Gasteiger partial charge in [-0.2, -0.15) is 0 Å². The van der Waals surface area contributed by atoms with Crippen LogP contribution in [-0.2, 0) is 36.4 Å². The number of hydrogen-bond donors (Lipinski definition) is 4. The van der Waals surface area contributed by atoms with Crippen LogP contribution in [-0.4, -0.2) is 46.4 Å². The summed E-state index contributed by atoms with van der Waals surface area (Å²) in [5, 5.41) is 14.7. The molecule has 0 aromatic heterocycles. The van der Waals surface area contributed by atoms with Crippen molar-refractivity contribution in [3.63, 3.8) is 0 Å². The van der Waals surface area contributed by atoms with E-state index in [0.717, 1.165) is 11.1 Å². The standard InChI is InChI=1S/C27H37N2O8P/c1-20(2)25(29-24(30)17-16-21-11-5-3-6-12-21)38(34,35)37-23(26(31)32)15-9-10-18-28-27(33)36-19-22-13-7-4-8-14-22/h3-8,11-14,20,23,25H,9-10,15-19H2,1-2H3,(H,28,33)(H,29,30)(H,31,32)(H,34,35)/t23-,25?/m0/s1. The molecule has 0 spiro atoms. The maximum atomic E-state index is 13.0. The van der Waals surface area contributed by atoms with Crippen molar-refractivity contribution >= 4 is 25.6 Å². The lowest BCUT2D eigenvalue weighted by molar-refractivity contribution is -0.145. The number of carboxylic acid groups (broad SMARTS) is 1. The molecule has 3 atom stereocenters. The van der Waals surface area contributed by atoms with Crippen molar-refractivity contribution in [3.05, 3.63) is 71.8 Å². The number of aliphatic carboxylic acids is 1. The van der Waals surface area contributed by atoms with Gasteiger partial charge in [-0.1, -0.05) is 74.5 Å². The quantitative estimate of drug-likeness (QED) is 0.177. The molecular formula is C27H37N2O8P. The topological polar surface area (TPSA) is 151 Å². The number of hydrogen-bond acceptors (Lipinski definition) is 6. The van der Waals surface area contributed by atoms with Gasteiger partial charge >= 0.3 is 19.7 Å².